The van der Waals surface area contributed by atoms with Crippen molar-refractivity contribution in [3.8, 4) is 0 Å². The molecule has 2 heterocycles. The molecule has 0 aliphatic carbocycles. The smallest absolute Gasteiger partial charge is 0.287 e. The van der Waals surface area contributed by atoms with Crippen LogP contribution in [0.25, 0.3) is 0 Å². The van der Waals surface area contributed by atoms with Crippen molar-refractivity contribution in [2.75, 3.05) is 24.5 Å². The molecule has 1 aromatic carbocycles. The fourth-order valence-electron chi connectivity index (χ4n) is 3.01. The summed E-state index contributed by atoms with van der Waals surface area (Å²) in [4.78, 5) is 26.4. The van der Waals surface area contributed by atoms with Crippen LogP contribution in [0.4, 0.5) is 5.69 Å². The highest BCUT2D eigenvalue weighted by Crippen LogP contribution is 2.22. The third kappa shape index (κ3) is 4.41. The molecule has 0 saturated carbocycles. The summed E-state index contributed by atoms with van der Waals surface area (Å²) in [5, 5.41) is 5.57. The van der Waals surface area contributed by atoms with Crippen molar-refractivity contribution in [1.29, 1.82) is 0 Å². The van der Waals surface area contributed by atoms with Gasteiger partial charge in [0, 0.05) is 25.3 Å². The minimum Gasteiger partial charge on any atom is -0.459 e. The summed E-state index contributed by atoms with van der Waals surface area (Å²) in [6.45, 7) is 4.21. The molecule has 2 aromatic rings. The average Bonchev–Trinajstić information content (AvgIpc) is 3.32. The predicted molar refractivity (Wildman–Crippen MR) is 95.4 cm³/mol. The van der Waals surface area contributed by atoms with Gasteiger partial charge in [0.15, 0.2) is 5.76 Å². The summed E-state index contributed by atoms with van der Waals surface area (Å²) in [7, 11) is 0. The highest BCUT2D eigenvalue weighted by molar-refractivity contribution is 5.95. The van der Waals surface area contributed by atoms with Gasteiger partial charge in [0.2, 0.25) is 5.91 Å². The van der Waals surface area contributed by atoms with Crippen LogP contribution in [-0.4, -0.2) is 37.5 Å². The summed E-state index contributed by atoms with van der Waals surface area (Å²) in [6.07, 6.45) is 2.47. The second-order valence-electron chi connectivity index (χ2n) is 6.35. The lowest BCUT2D eigenvalue weighted by Crippen LogP contribution is -2.46. The number of hydrogen-bond donors (Lipinski definition) is 2. The lowest BCUT2D eigenvalue weighted by atomic mass is 10.1. The molecule has 6 nitrogen and oxygen atoms in total. The minimum absolute atomic E-state index is 0.182. The normalized spacial score (nSPS) is 18.0. The number of carbonyl (C=O) groups excluding carboxylic acids is 2. The minimum atomic E-state index is -0.607. The van der Waals surface area contributed by atoms with E-state index < -0.39 is 6.04 Å². The summed E-state index contributed by atoms with van der Waals surface area (Å²) in [5.41, 5.74) is 1.22. The van der Waals surface area contributed by atoms with Crippen LogP contribution in [0, 0.1) is 5.92 Å². The van der Waals surface area contributed by atoms with Crippen molar-refractivity contribution in [3.05, 3.63) is 54.5 Å². The molecule has 3 rings (SSSR count). The second kappa shape index (κ2) is 7.88. The Balaban J connectivity index is 1.42. The first-order valence-corrected chi connectivity index (χ1v) is 8.55. The SMILES string of the molecule is C[C@@H](NC(=O)c1ccco1)C(=O)NC[C@@H]1CCN(c2ccccc2)C1. The molecule has 1 aliphatic heterocycles. The quantitative estimate of drug-likeness (QED) is 0.843. The molecule has 132 valence electrons. The molecule has 0 unspecified atom stereocenters. The molecule has 1 aromatic heterocycles. The van der Waals surface area contributed by atoms with Crippen LogP contribution in [0.1, 0.15) is 23.9 Å². The Kier molecular flexibility index (Phi) is 5.38. The fourth-order valence-corrected chi connectivity index (χ4v) is 3.01. The van der Waals surface area contributed by atoms with E-state index >= 15 is 0 Å². The molecule has 1 fully saturated rings. The van der Waals surface area contributed by atoms with Crippen LogP contribution in [0.5, 0.6) is 0 Å². The molecule has 2 amide bonds. The van der Waals surface area contributed by atoms with E-state index in [0.29, 0.717) is 12.5 Å². The summed E-state index contributed by atoms with van der Waals surface area (Å²) >= 11 is 0. The molecule has 0 bridgehead atoms. The van der Waals surface area contributed by atoms with E-state index in [1.165, 1.54) is 12.0 Å². The summed E-state index contributed by atoms with van der Waals surface area (Å²) in [5.74, 6) is 0.0490. The highest BCUT2D eigenvalue weighted by atomic mass is 16.3. The number of carbonyl (C=O) groups is 2. The second-order valence-corrected chi connectivity index (χ2v) is 6.35. The number of nitrogens with one attached hydrogen (secondary N) is 2. The van der Waals surface area contributed by atoms with E-state index in [1.54, 1.807) is 19.1 Å². The lowest BCUT2D eigenvalue weighted by Gasteiger charge is -2.19. The first-order chi connectivity index (χ1) is 12.1. The van der Waals surface area contributed by atoms with Gasteiger partial charge in [-0.05, 0) is 43.5 Å². The monoisotopic (exact) mass is 341 g/mol. The number of furan rings is 1. The highest BCUT2D eigenvalue weighted by Gasteiger charge is 2.24. The van der Waals surface area contributed by atoms with Crippen LogP contribution >= 0.6 is 0 Å². The largest absolute Gasteiger partial charge is 0.459 e. The predicted octanol–water partition coefficient (Wildman–Crippen LogP) is 2.04. The Labute approximate surface area is 147 Å². The standard InChI is InChI=1S/C19H23N3O3/c1-14(21-19(24)17-8-5-11-25-17)18(23)20-12-15-9-10-22(13-15)16-6-3-2-4-7-16/h2-8,11,14-15H,9-10,12-13H2,1H3,(H,20,23)(H,21,24)/t14-,15+/m1/s1. The molecule has 1 saturated heterocycles. The van der Waals surface area contributed by atoms with Crippen LogP contribution in [0.15, 0.2) is 53.1 Å². The molecule has 0 radical (unpaired) electrons. The molecule has 0 spiro atoms. The van der Waals surface area contributed by atoms with Crippen LogP contribution in [-0.2, 0) is 4.79 Å². The zero-order valence-corrected chi connectivity index (χ0v) is 14.3. The van der Waals surface area contributed by atoms with Gasteiger partial charge < -0.3 is 20.0 Å². The van der Waals surface area contributed by atoms with Crippen molar-refractivity contribution >= 4 is 17.5 Å². The van der Waals surface area contributed by atoms with E-state index in [0.717, 1.165) is 19.5 Å². The van der Waals surface area contributed by atoms with Gasteiger partial charge >= 0.3 is 0 Å². The Morgan fingerprint density at radius 3 is 2.76 bits per heavy atom. The lowest BCUT2D eigenvalue weighted by molar-refractivity contribution is -0.122. The van der Waals surface area contributed by atoms with E-state index in [1.807, 2.05) is 18.2 Å². The van der Waals surface area contributed by atoms with Crippen LogP contribution in [0.2, 0.25) is 0 Å². The maximum Gasteiger partial charge on any atom is 0.287 e. The maximum absolute atomic E-state index is 12.2. The van der Waals surface area contributed by atoms with Gasteiger partial charge in [-0.15, -0.1) is 0 Å². The van der Waals surface area contributed by atoms with E-state index in [-0.39, 0.29) is 17.6 Å². The Morgan fingerprint density at radius 1 is 1.24 bits per heavy atom. The fraction of sp³-hybridized carbons (Fsp3) is 0.368. The van der Waals surface area contributed by atoms with E-state index in [4.69, 9.17) is 4.42 Å². The first-order valence-electron chi connectivity index (χ1n) is 8.55. The van der Waals surface area contributed by atoms with Crippen molar-refractivity contribution < 1.29 is 14.0 Å². The molecule has 25 heavy (non-hydrogen) atoms. The van der Waals surface area contributed by atoms with Crippen molar-refractivity contribution in [2.45, 2.75) is 19.4 Å². The number of benzene rings is 1. The number of rotatable bonds is 6. The van der Waals surface area contributed by atoms with Gasteiger partial charge in [-0.25, -0.2) is 0 Å². The third-order valence-corrected chi connectivity index (χ3v) is 4.46. The summed E-state index contributed by atoms with van der Waals surface area (Å²) in [6, 6.07) is 12.9. The Hall–Kier alpha value is -2.76. The molecule has 6 heteroatoms. The molecule has 2 N–H and O–H groups in total. The topological polar surface area (TPSA) is 74.6 Å². The first kappa shape index (κ1) is 17.1. The summed E-state index contributed by atoms with van der Waals surface area (Å²) < 4.78 is 5.02. The van der Waals surface area contributed by atoms with Crippen molar-refractivity contribution in [1.82, 2.24) is 10.6 Å². The molecular formula is C19H23N3O3. The number of nitrogens with zero attached hydrogens (tertiary/aromatic N) is 1. The number of para-hydroxylation sites is 1. The van der Waals surface area contributed by atoms with E-state index in [2.05, 4.69) is 27.7 Å². The van der Waals surface area contributed by atoms with Gasteiger partial charge in [0.25, 0.3) is 5.91 Å². The Bertz CT molecular complexity index is 700. The molecule has 2 atom stereocenters. The average molecular weight is 341 g/mol. The number of anilines is 1. The zero-order chi connectivity index (χ0) is 17.6. The Morgan fingerprint density at radius 2 is 2.04 bits per heavy atom. The maximum atomic E-state index is 12.2. The van der Waals surface area contributed by atoms with Crippen LogP contribution < -0.4 is 15.5 Å². The van der Waals surface area contributed by atoms with Crippen molar-refractivity contribution in [2.24, 2.45) is 5.92 Å². The van der Waals surface area contributed by atoms with Gasteiger partial charge in [-0.3, -0.25) is 9.59 Å². The third-order valence-electron chi connectivity index (χ3n) is 4.46. The van der Waals surface area contributed by atoms with Gasteiger partial charge in [-0.1, -0.05) is 18.2 Å². The zero-order valence-electron chi connectivity index (χ0n) is 14.3. The van der Waals surface area contributed by atoms with Gasteiger partial charge in [0.05, 0.1) is 6.26 Å². The van der Waals surface area contributed by atoms with E-state index in [9.17, 15) is 9.59 Å². The van der Waals surface area contributed by atoms with Gasteiger partial charge in [-0.2, -0.15) is 0 Å². The number of amides is 2. The molecule has 1 aliphatic rings. The molecular weight excluding hydrogens is 318 g/mol. The number of hydrogen-bond acceptors (Lipinski definition) is 4. The van der Waals surface area contributed by atoms with Crippen molar-refractivity contribution in [3.63, 3.8) is 0 Å². The van der Waals surface area contributed by atoms with Gasteiger partial charge in [0.1, 0.15) is 6.04 Å². The van der Waals surface area contributed by atoms with Crippen LogP contribution in [0.3, 0.4) is 0 Å².